The van der Waals surface area contributed by atoms with E-state index in [1.807, 2.05) is 13.0 Å². The summed E-state index contributed by atoms with van der Waals surface area (Å²) in [6, 6.07) is 2.42. The lowest BCUT2D eigenvalue weighted by Crippen LogP contribution is -2.34. The summed E-state index contributed by atoms with van der Waals surface area (Å²) in [4.78, 5) is 0. The van der Waals surface area contributed by atoms with Crippen molar-refractivity contribution >= 4 is 0 Å². The van der Waals surface area contributed by atoms with Crippen LogP contribution in [0, 0.1) is 12.8 Å². The molecule has 0 aromatic carbocycles. The monoisotopic (exact) mass is 210 g/mol. The van der Waals surface area contributed by atoms with Gasteiger partial charge < -0.3 is 14.6 Å². The Morgan fingerprint density at radius 2 is 2.47 bits per heavy atom. The van der Waals surface area contributed by atoms with Gasteiger partial charge in [-0.05, 0) is 25.7 Å². The molecule has 1 aliphatic carbocycles. The van der Waals surface area contributed by atoms with E-state index >= 15 is 0 Å². The minimum atomic E-state index is 0.459. The van der Waals surface area contributed by atoms with Crippen LogP contribution in [-0.4, -0.2) is 24.9 Å². The van der Waals surface area contributed by atoms with Gasteiger partial charge in [0.2, 0.25) is 0 Å². The van der Waals surface area contributed by atoms with Crippen LogP contribution < -0.4 is 5.32 Å². The predicted octanol–water partition coefficient (Wildman–Crippen LogP) is 1.50. The number of rotatable bonds is 6. The van der Waals surface area contributed by atoms with Gasteiger partial charge in [0.1, 0.15) is 0 Å². The van der Waals surface area contributed by atoms with Crippen LogP contribution in [0.1, 0.15) is 24.3 Å². The van der Waals surface area contributed by atoms with Crippen molar-refractivity contribution in [3.05, 3.63) is 17.5 Å². The van der Waals surface area contributed by atoms with Crippen LogP contribution in [0.5, 0.6) is 0 Å². The van der Waals surface area contributed by atoms with E-state index in [0.717, 1.165) is 30.5 Å². The predicted molar refractivity (Wildman–Crippen MR) is 56.5 cm³/mol. The molecule has 0 bridgehead atoms. The zero-order valence-electron chi connectivity index (χ0n) is 9.32. The van der Waals surface area contributed by atoms with Crippen LogP contribution >= 0.6 is 0 Å². The number of methoxy groups -OCH3 is 1. The highest BCUT2D eigenvalue weighted by atomic mass is 16.5. The Bertz CT molecular complexity index is 307. The fourth-order valence-corrected chi connectivity index (χ4v) is 1.77. The summed E-state index contributed by atoms with van der Waals surface area (Å²) in [5, 5.41) is 7.31. The second-order valence-corrected chi connectivity index (χ2v) is 4.21. The van der Waals surface area contributed by atoms with Crippen LogP contribution in [0.3, 0.4) is 0 Å². The number of ether oxygens (including phenoxy) is 1. The molecule has 84 valence electrons. The summed E-state index contributed by atoms with van der Waals surface area (Å²) < 4.78 is 10.3. The number of nitrogens with zero attached hydrogens (tertiary/aromatic N) is 1. The summed E-state index contributed by atoms with van der Waals surface area (Å²) in [6.07, 6.45) is 2.63. The molecule has 0 aliphatic heterocycles. The van der Waals surface area contributed by atoms with E-state index in [1.165, 1.54) is 12.8 Å². The van der Waals surface area contributed by atoms with E-state index in [0.29, 0.717) is 6.04 Å². The molecule has 15 heavy (non-hydrogen) atoms. The van der Waals surface area contributed by atoms with Gasteiger partial charge in [-0.25, -0.2) is 0 Å². The van der Waals surface area contributed by atoms with Gasteiger partial charge in [-0.2, -0.15) is 0 Å². The third kappa shape index (κ3) is 3.04. The van der Waals surface area contributed by atoms with Gasteiger partial charge in [-0.3, -0.25) is 0 Å². The molecule has 4 heteroatoms. The maximum absolute atomic E-state index is 5.19. The highest BCUT2D eigenvalue weighted by Gasteiger charge is 2.30. The first-order valence-corrected chi connectivity index (χ1v) is 5.44. The van der Waals surface area contributed by atoms with Gasteiger partial charge in [-0.1, -0.05) is 5.16 Å². The van der Waals surface area contributed by atoms with E-state index in [-0.39, 0.29) is 0 Å². The maximum Gasteiger partial charge on any atom is 0.150 e. The second-order valence-electron chi connectivity index (χ2n) is 4.21. The SMILES string of the molecule is COCC(NCc1cc(C)no1)C1CC1. The van der Waals surface area contributed by atoms with Crippen LogP contribution in [0.2, 0.25) is 0 Å². The van der Waals surface area contributed by atoms with Crippen molar-refractivity contribution in [2.45, 2.75) is 32.4 Å². The average molecular weight is 210 g/mol. The summed E-state index contributed by atoms with van der Waals surface area (Å²) in [5.74, 6) is 1.68. The minimum Gasteiger partial charge on any atom is -0.383 e. The molecule has 1 saturated carbocycles. The quantitative estimate of drug-likeness (QED) is 0.773. The van der Waals surface area contributed by atoms with Gasteiger partial charge in [0, 0.05) is 19.2 Å². The highest BCUT2D eigenvalue weighted by molar-refractivity contribution is 5.03. The van der Waals surface area contributed by atoms with E-state index in [2.05, 4.69) is 10.5 Å². The molecule has 0 saturated heterocycles. The van der Waals surface area contributed by atoms with Crippen molar-refractivity contribution in [1.29, 1.82) is 0 Å². The molecule has 1 unspecified atom stereocenters. The number of aromatic nitrogens is 1. The summed E-state index contributed by atoms with van der Waals surface area (Å²) in [6.45, 7) is 3.45. The first kappa shape index (κ1) is 10.6. The molecule has 4 nitrogen and oxygen atoms in total. The van der Waals surface area contributed by atoms with E-state index in [1.54, 1.807) is 7.11 Å². The maximum atomic E-state index is 5.19. The fraction of sp³-hybridized carbons (Fsp3) is 0.727. The number of nitrogens with one attached hydrogen (secondary N) is 1. The Balaban J connectivity index is 1.79. The van der Waals surface area contributed by atoms with Gasteiger partial charge in [-0.15, -0.1) is 0 Å². The molecular weight excluding hydrogens is 192 g/mol. The van der Waals surface area contributed by atoms with Gasteiger partial charge in [0.15, 0.2) is 5.76 Å². The van der Waals surface area contributed by atoms with Crippen LogP contribution in [0.25, 0.3) is 0 Å². The molecule has 1 heterocycles. The van der Waals surface area contributed by atoms with Crippen molar-refractivity contribution < 1.29 is 9.26 Å². The first-order valence-electron chi connectivity index (χ1n) is 5.44. The molecular formula is C11H18N2O2. The molecule has 1 aromatic rings. The van der Waals surface area contributed by atoms with Gasteiger partial charge in [0.05, 0.1) is 18.8 Å². The van der Waals surface area contributed by atoms with Crippen LogP contribution in [0.15, 0.2) is 10.6 Å². The molecule has 0 radical (unpaired) electrons. The highest BCUT2D eigenvalue weighted by Crippen LogP contribution is 2.32. The average Bonchev–Trinajstić information content (AvgIpc) is 2.97. The van der Waals surface area contributed by atoms with Crippen LogP contribution in [0.4, 0.5) is 0 Å². The largest absolute Gasteiger partial charge is 0.383 e. The van der Waals surface area contributed by atoms with Gasteiger partial charge >= 0.3 is 0 Å². The Labute approximate surface area is 90.0 Å². The lowest BCUT2D eigenvalue weighted by atomic mass is 10.2. The first-order chi connectivity index (χ1) is 7.29. The zero-order chi connectivity index (χ0) is 10.7. The Kier molecular flexibility index (Phi) is 3.38. The third-order valence-corrected chi connectivity index (χ3v) is 2.75. The molecule has 2 rings (SSSR count). The molecule has 0 spiro atoms. The molecule has 1 fully saturated rings. The standard InChI is InChI=1S/C11H18N2O2/c1-8-5-10(15-13-8)6-12-11(7-14-2)9-3-4-9/h5,9,11-12H,3-4,6-7H2,1-2H3. The normalized spacial score (nSPS) is 18.0. The van der Waals surface area contributed by atoms with E-state index in [4.69, 9.17) is 9.26 Å². The topological polar surface area (TPSA) is 47.3 Å². The molecule has 1 aromatic heterocycles. The summed E-state index contributed by atoms with van der Waals surface area (Å²) in [7, 11) is 1.75. The Hall–Kier alpha value is -0.870. The second kappa shape index (κ2) is 4.77. The van der Waals surface area contributed by atoms with Gasteiger partial charge in [0.25, 0.3) is 0 Å². The lowest BCUT2D eigenvalue weighted by Gasteiger charge is -2.15. The molecule has 1 N–H and O–H groups in total. The van der Waals surface area contributed by atoms with E-state index in [9.17, 15) is 0 Å². The number of hydrogen-bond donors (Lipinski definition) is 1. The number of hydrogen-bond acceptors (Lipinski definition) is 4. The third-order valence-electron chi connectivity index (χ3n) is 2.75. The summed E-state index contributed by atoms with van der Waals surface area (Å²) >= 11 is 0. The fourth-order valence-electron chi connectivity index (χ4n) is 1.77. The lowest BCUT2D eigenvalue weighted by molar-refractivity contribution is 0.155. The van der Waals surface area contributed by atoms with E-state index < -0.39 is 0 Å². The molecule has 0 amide bonds. The zero-order valence-corrected chi connectivity index (χ0v) is 9.32. The Morgan fingerprint density at radius 1 is 1.67 bits per heavy atom. The van der Waals surface area contributed by atoms with Crippen molar-refractivity contribution in [3.63, 3.8) is 0 Å². The molecule has 1 atom stereocenters. The van der Waals surface area contributed by atoms with Crippen molar-refractivity contribution in [2.24, 2.45) is 5.92 Å². The number of aryl methyl sites for hydroxylation is 1. The molecule has 1 aliphatic rings. The Morgan fingerprint density at radius 3 is 3.00 bits per heavy atom. The minimum absolute atomic E-state index is 0.459. The van der Waals surface area contributed by atoms with Crippen LogP contribution in [-0.2, 0) is 11.3 Å². The van der Waals surface area contributed by atoms with Crippen molar-refractivity contribution in [2.75, 3.05) is 13.7 Å². The van der Waals surface area contributed by atoms with Crippen molar-refractivity contribution in [3.8, 4) is 0 Å². The summed E-state index contributed by atoms with van der Waals surface area (Å²) in [5.41, 5.74) is 0.932. The van der Waals surface area contributed by atoms with Crippen molar-refractivity contribution in [1.82, 2.24) is 10.5 Å². The smallest absolute Gasteiger partial charge is 0.150 e.